The molecule has 0 bridgehead atoms. The van der Waals surface area contributed by atoms with E-state index < -0.39 is 0 Å². The molecule has 1 fully saturated rings. The number of amides is 1. The highest BCUT2D eigenvalue weighted by Crippen LogP contribution is 2.18. The number of ether oxygens (including phenoxy) is 1. The summed E-state index contributed by atoms with van der Waals surface area (Å²) in [6.07, 6.45) is 2.27. The molecule has 1 amide bonds. The van der Waals surface area contributed by atoms with E-state index in [0.29, 0.717) is 12.5 Å². The highest BCUT2D eigenvalue weighted by molar-refractivity contribution is 5.86. The van der Waals surface area contributed by atoms with E-state index in [2.05, 4.69) is 44.7 Å². The normalized spacial score (nSPS) is 20.3. The maximum Gasteiger partial charge on any atom is 0.239 e. The molecule has 162 valence electrons. The summed E-state index contributed by atoms with van der Waals surface area (Å²) < 4.78 is 5.79. The number of carbonyl (C=O) groups excluding carboxylic acids is 1. The van der Waals surface area contributed by atoms with Crippen LogP contribution in [-0.4, -0.2) is 60.8 Å². The zero-order chi connectivity index (χ0) is 21.4. The Balaban J connectivity index is 1.92. The Bertz CT molecular complexity index is 673. The first-order valence-electron chi connectivity index (χ1n) is 10.3. The zero-order valence-electron chi connectivity index (χ0n) is 18.6. The van der Waals surface area contributed by atoms with Crippen LogP contribution in [0.5, 0.6) is 0 Å². The molecule has 0 spiro atoms. The summed E-state index contributed by atoms with van der Waals surface area (Å²) in [6, 6.07) is 4.08. The molecule has 1 saturated heterocycles. The number of anilines is 1. The quantitative estimate of drug-likeness (QED) is 0.494. The van der Waals surface area contributed by atoms with E-state index >= 15 is 0 Å². The fourth-order valence-electron chi connectivity index (χ4n) is 3.20. The van der Waals surface area contributed by atoms with Gasteiger partial charge in [0.05, 0.1) is 25.3 Å². The molecule has 1 aromatic rings. The van der Waals surface area contributed by atoms with Crippen LogP contribution >= 0.6 is 0 Å². The Labute approximate surface area is 174 Å². The molecule has 0 aliphatic carbocycles. The molecule has 1 aliphatic rings. The van der Waals surface area contributed by atoms with Gasteiger partial charge in [0.15, 0.2) is 5.96 Å². The fraction of sp³-hybridized carbons (Fsp3) is 0.667. The van der Waals surface area contributed by atoms with Crippen molar-refractivity contribution >= 4 is 17.7 Å². The van der Waals surface area contributed by atoms with Gasteiger partial charge >= 0.3 is 0 Å². The summed E-state index contributed by atoms with van der Waals surface area (Å²) in [5.41, 5.74) is 0.761. The van der Waals surface area contributed by atoms with Crippen LogP contribution in [0.2, 0.25) is 0 Å². The molecule has 2 unspecified atom stereocenters. The van der Waals surface area contributed by atoms with Gasteiger partial charge in [0.25, 0.3) is 0 Å². The molecule has 1 aromatic heterocycles. The van der Waals surface area contributed by atoms with E-state index in [9.17, 15) is 4.79 Å². The summed E-state index contributed by atoms with van der Waals surface area (Å²) in [7, 11) is 0. The number of guanidine groups is 1. The molecule has 0 aromatic carbocycles. The number of carbonyl (C=O) groups is 1. The van der Waals surface area contributed by atoms with Gasteiger partial charge in [0.1, 0.15) is 5.82 Å². The largest absolute Gasteiger partial charge is 0.372 e. The molecule has 2 heterocycles. The first kappa shape index (κ1) is 22.9. The van der Waals surface area contributed by atoms with E-state index in [4.69, 9.17) is 4.74 Å². The summed E-state index contributed by atoms with van der Waals surface area (Å²) in [4.78, 5) is 23.4. The molecule has 0 saturated carbocycles. The third-order valence-corrected chi connectivity index (χ3v) is 4.25. The maximum atomic E-state index is 12.0. The monoisotopic (exact) mass is 404 g/mol. The van der Waals surface area contributed by atoms with Gasteiger partial charge < -0.3 is 25.6 Å². The highest BCUT2D eigenvalue weighted by atomic mass is 16.5. The van der Waals surface area contributed by atoms with Crippen LogP contribution < -0.4 is 20.9 Å². The summed E-state index contributed by atoms with van der Waals surface area (Å²) in [5, 5.41) is 9.16. The Hall–Kier alpha value is -2.35. The lowest BCUT2D eigenvalue weighted by atomic mass is 10.1. The van der Waals surface area contributed by atoms with Crippen LogP contribution in [-0.2, 0) is 16.1 Å². The maximum absolute atomic E-state index is 12.0. The van der Waals surface area contributed by atoms with Crippen molar-refractivity contribution in [2.24, 2.45) is 4.99 Å². The number of rotatable bonds is 6. The number of pyridine rings is 1. The van der Waals surface area contributed by atoms with Gasteiger partial charge in [-0.2, -0.15) is 0 Å². The molecule has 1 aliphatic heterocycles. The lowest BCUT2D eigenvalue weighted by Gasteiger charge is -2.36. The van der Waals surface area contributed by atoms with Crippen LogP contribution in [0.1, 0.15) is 47.1 Å². The third-order valence-electron chi connectivity index (χ3n) is 4.25. The SMILES string of the molecule is CCNC(=NCc1ccc(N2CC(C)OC(C)C2)nc1)NCC(=O)NC(C)(C)C. The van der Waals surface area contributed by atoms with Crippen molar-refractivity contribution in [2.45, 2.75) is 65.8 Å². The molecule has 0 radical (unpaired) electrons. The Morgan fingerprint density at radius 2 is 1.93 bits per heavy atom. The number of morpholine rings is 1. The lowest BCUT2D eigenvalue weighted by molar-refractivity contribution is -0.121. The van der Waals surface area contributed by atoms with Crippen molar-refractivity contribution in [3.8, 4) is 0 Å². The molecule has 8 heteroatoms. The number of hydrogen-bond donors (Lipinski definition) is 3. The van der Waals surface area contributed by atoms with Crippen molar-refractivity contribution in [3.05, 3.63) is 23.9 Å². The molecule has 29 heavy (non-hydrogen) atoms. The second-order valence-corrected chi connectivity index (χ2v) is 8.53. The van der Waals surface area contributed by atoms with Crippen LogP contribution in [0.4, 0.5) is 5.82 Å². The number of nitrogens with one attached hydrogen (secondary N) is 3. The smallest absolute Gasteiger partial charge is 0.239 e. The summed E-state index contributed by atoms with van der Waals surface area (Å²) in [6.45, 7) is 15.1. The first-order chi connectivity index (χ1) is 13.7. The molecule has 8 nitrogen and oxygen atoms in total. The average Bonchev–Trinajstić information content (AvgIpc) is 2.62. The fourth-order valence-corrected chi connectivity index (χ4v) is 3.20. The van der Waals surface area contributed by atoms with Gasteiger partial charge in [-0.15, -0.1) is 0 Å². The van der Waals surface area contributed by atoms with E-state index in [1.54, 1.807) is 0 Å². The van der Waals surface area contributed by atoms with Gasteiger partial charge in [-0.3, -0.25) is 4.79 Å². The first-order valence-corrected chi connectivity index (χ1v) is 10.3. The second-order valence-electron chi connectivity index (χ2n) is 8.53. The summed E-state index contributed by atoms with van der Waals surface area (Å²) in [5.74, 6) is 1.50. The van der Waals surface area contributed by atoms with Gasteiger partial charge in [-0.25, -0.2) is 9.98 Å². The average molecular weight is 405 g/mol. The van der Waals surface area contributed by atoms with Crippen molar-refractivity contribution in [1.82, 2.24) is 20.9 Å². The minimum absolute atomic E-state index is 0.0666. The van der Waals surface area contributed by atoms with Gasteiger partial charge in [-0.1, -0.05) is 6.07 Å². The van der Waals surface area contributed by atoms with Crippen LogP contribution in [0.3, 0.4) is 0 Å². The predicted octanol–water partition coefficient (Wildman–Crippen LogP) is 1.67. The molecule has 2 atom stereocenters. The molecular weight excluding hydrogens is 368 g/mol. The van der Waals surface area contributed by atoms with Crippen molar-refractivity contribution < 1.29 is 9.53 Å². The van der Waals surface area contributed by atoms with Crippen LogP contribution in [0.25, 0.3) is 0 Å². The predicted molar refractivity (Wildman–Crippen MR) is 117 cm³/mol. The summed E-state index contributed by atoms with van der Waals surface area (Å²) >= 11 is 0. The van der Waals surface area contributed by atoms with Gasteiger partial charge in [-0.05, 0) is 53.2 Å². The van der Waals surface area contributed by atoms with Crippen molar-refractivity contribution in [2.75, 3.05) is 31.1 Å². The Morgan fingerprint density at radius 3 is 2.48 bits per heavy atom. The van der Waals surface area contributed by atoms with E-state index in [0.717, 1.165) is 31.0 Å². The van der Waals surface area contributed by atoms with Crippen LogP contribution in [0.15, 0.2) is 23.3 Å². The van der Waals surface area contributed by atoms with Crippen molar-refractivity contribution in [3.63, 3.8) is 0 Å². The topological polar surface area (TPSA) is 90.9 Å². The van der Waals surface area contributed by atoms with Crippen molar-refractivity contribution in [1.29, 1.82) is 0 Å². The minimum Gasteiger partial charge on any atom is -0.372 e. The van der Waals surface area contributed by atoms with E-state index in [1.807, 2.05) is 46.0 Å². The third kappa shape index (κ3) is 8.27. The molecule has 3 N–H and O–H groups in total. The number of aromatic nitrogens is 1. The van der Waals surface area contributed by atoms with E-state index in [1.165, 1.54) is 0 Å². The Kier molecular flexibility index (Phi) is 8.25. The molecule has 2 rings (SSSR count). The number of aliphatic imine (C=N–C) groups is 1. The Morgan fingerprint density at radius 1 is 1.24 bits per heavy atom. The number of nitrogens with zero attached hydrogens (tertiary/aromatic N) is 3. The lowest BCUT2D eigenvalue weighted by Crippen LogP contribution is -2.48. The minimum atomic E-state index is -0.252. The van der Waals surface area contributed by atoms with Gasteiger partial charge in [0.2, 0.25) is 5.91 Å². The number of hydrogen-bond acceptors (Lipinski definition) is 5. The van der Waals surface area contributed by atoms with E-state index in [-0.39, 0.29) is 30.2 Å². The molecular formula is C21H36N6O2. The highest BCUT2D eigenvalue weighted by Gasteiger charge is 2.23. The standard InChI is InChI=1S/C21H36N6O2/c1-7-22-20(25-12-19(28)26-21(4,5)6)24-11-17-8-9-18(23-10-17)27-13-15(2)29-16(3)14-27/h8-10,15-16H,7,11-14H2,1-6H3,(H,26,28)(H2,22,24,25). The second kappa shape index (κ2) is 10.4. The van der Waals surface area contributed by atoms with Gasteiger partial charge in [0, 0.05) is 31.4 Å². The zero-order valence-corrected chi connectivity index (χ0v) is 18.6. The van der Waals surface area contributed by atoms with Crippen LogP contribution in [0, 0.1) is 0 Å².